The van der Waals surface area contributed by atoms with E-state index in [1.807, 2.05) is 22.9 Å². The predicted molar refractivity (Wildman–Crippen MR) is 73.8 cm³/mol. The van der Waals surface area contributed by atoms with E-state index < -0.39 is 6.10 Å². The Hall–Kier alpha value is -1.24. The molecule has 2 aromatic heterocycles. The van der Waals surface area contributed by atoms with Crippen LogP contribution in [0.2, 0.25) is 0 Å². The highest BCUT2D eigenvalue weighted by Gasteiger charge is 2.09. The lowest BCUT2D eigenvalue weighted by Gasteiger charge is -2.05. The first-order valence-corrected chi connectivity index (χ1v) is 7.34. The number of aromatic nitrogens is 1. The van der Waals surface area contributed by atoms with Crippen molar-refractivity contribution in [3.63, 3.8) is 0 Å². The lowest BCUT2D eigenvalue weighted by Crippen LogP contribution is -2.31. The van der Waals surface area contributed by atoms with Crippen LogP contribution in [0.15, 0.2) is 22.9 Å². The van der Waals surface area contributed by atoms with Gasteiger partial charge in [-0.1, -0.05) is 6.07 Å². The number of carbonyl (C=O) groups excluding carboxylic acids is 1. The van der Waals surface area contributed by atoms with Crippen molar-refractivity contribution in [1.82, 2.24) is 10.3 Å². The highest BCUT2D eigenvalue weighted by Crippen LogP contribution is 2.27. The number of nitrogens with one attached hydrogen (secondary N) is 1. The summed E-state index contributed by atoms with van der Waals surface area (Å²) in [5, 5.41) is 16.6. The second-order valence-electron chi connectivity index (χ2n) is 3.95. The van der Waals surface area contributed by atoms with Crippen molar-refractivity contribution in [2.24, 2.45) is 0 Å². The summed E-state index contributed by atoms with van der Waals surface area (Å²) in [4.78, 5) is 17.1. The lowest BCUT2D eigenvalue weighted by molar-refractivity contribution is -0.120. The molecule has 1 atom stereocenters. The van der Waals surface area contributed by atoms with Gasteiger partial charge in [0.05, 0.1) is 23.1 Å². The van der Waals surface area contributed by atoms with Crippen LogP contribution in [0.1, 0.15) is 12.6 Å². The third-order valence-electron chi connectivity index (χ3n) is 2.22. The number of thiazole rings is 1. The minimum absolute atomic E-state index is 0.112. The summed E-state index contributed by atoms with van der Waals surface area (Å²) in [5.41, 5.74) is 0.770. The number of nitrogens with zero attached hydrogens (tertiary/aromatic N) is 1. The van der Waals surface area contributed by atoms with Gasteiger partial charge in [0.25, 0.3) is 0 Å². The molecule has 1 amide bonds. The van der Waals surface area contributed by atoms with Gasteiger partial charge in [0, 0.05) is 11.9 Å². The molecule has 2 aromatic rings. The quantitative estimate of drug-likeness (QED) is 0.880. The maximum atomic E-state index is 11.6. The monoisotopic (exact) mass is 282 g/mol. The van der Waals surface area contributed by atoms with Crippen LogP contribution in [0.4, 0.5) is 0 Å². The van der Waals surface area contributed by atoms with E-state index in [0.29, 0.717) is 0 Å². The van der Waals surface area contributed by atoms with Crippen molar-refractivity contribution in [3.8, 4) is 9.88 Å². The summed E-state index contributed by atoms with van der Waals surface area (Å²) < 4.78 is 0. The number of carbonyl (C=O) groups is 1. The zero-order valence-electron chi connectivity index (χ0n) is 9.92. The number of aliphatic hydroxyl groups excluding tert-OH is 1. The summed E-state index contributed by atoms with van der Waals surface area (Å²) in [5.74, 6) is -0.112. The topological polar surface area (TPSA) is 62.2 Å². The van der Waals surface area contributed by atoms with Gasteiger partial charge < -0.3 is 10.4 Å². The zero-order valence-corrected chi connectivity index (χ0v) is 11.6. The average molecular weight is 282 g/mol. The van der Waals surface area contributed by atoms with Crippen molar-refractivity contribution in [3.05, 3.63) is 28.6 Å². The molecule has 96 valence electrons. The molecule has 4 nitrogen and oxygen atoms in total. The third-order valence-corrected chi connectivity index (χ3v) is 4.15. The summed E-state index contributed by atoms with van der Waals surface area (Å²) in [7, 11) is 0. The van der Waals surface area contributed by atoms with Gasteiger partial charge in [-0.05, 0) is 18.4 Å². The Kier molecular flexibility index (Phi) is 4.46. The van der Waals surface area contributed by atoms with Crippen LogP contribution in [0.5, 0.6) is 0 Å². The minimum atomic E-state index is -0.522. The maximum Gasteiger partial charge on any atom is 0.226 e. The lowest BCUT2D eigenvalue weighted by atomic mass is 10.3. The van der Waals surface area contributed by atoms with Crippen molar-refractivity contribution >= 4 is 28.6 Å². The van der Waals surface area contributed by atoms with E-state index in [-0.39, 0.29) is 18.9 Å². The molecular weight excluding hydrogens is 268 g/mol. The molecule has 0 aliphatic heterocycles. The first-order valence-electron chi connectivity index (χ1n) is 5.58. The molecule has 2 N–H and O–H groups in total. The van der Waals surface area contributed by atoms with E-state index in [1.54, 1.807) is 29.6 Å². The van der Waals surface area contributed by atoms with Gasteiger partial charge in [0.1, 0.15) is 5.01 Å². The van der Waals surface area contributed by atoms with Crippen LogP contribution in [-0.4, -0.2) is 28.6 Å². The Morgan fingerprint density at radius 2 is 2.39 bits per heavy atom. The molecule has 2 rings (SSSR count). The first-order chi connectivity index (χ1) is 8.65. The normalized spacial score (nSPS) is 12.3. The van der Waals surface area contributed by atoms with Gasteiger partial charge in [-0.15, -0.1) is 22.7 Å². The van der Waals surface area contributed by atoms with Crippen LogP contribution >= 0.6 is 22.7 Å². The fourth-order valence-electron chi connectivity index (χ4n) is 1.39. The fraction of sp³-hybridized carbons (Fsp3) is 0.333. The summed E-state index contributed by atoms with van der Waals surface area (Å²) in [6.07, 6.45) is -0.264. The molecular formula is C12H14N2O2S2. The molecule has 0 aliphatic carbocycles. The van der Waals surface area contributed by atoms with Crippen LogP contribution < -0.4 is 5.32 Å². The van der Waals surface area contributed by atoms with E-state index in [0.717, 1.165) is 15.6 Å². The Morgan fingerprint density at radius 1 is 1.56 bits per heavy atom. The van der Waals surface area contributed by atoms with Crippen LogP contribution in [0.3, 0.4) is 0 Å². The Morgan fingerprint density at radius 3 is 3.06 bits per heavy atom. The molecule has 0 unspecified atom stereocenters. The highest BCUT2D eigenvalue weighted by molar-refractivity contribution is 7.20. The fourth-order valence-corrected chi connectivity index (χ4v) is 3.02. The standard InChI is InChI=1S/C12H14N2O2S2/c1-8(15)6-13-11(16)5-9-7-18-12(14-9)10-3-2-4-17-10/h2-4,7-8,15H,5-6H2,1H3,(H,13,16)/t8-/m0/s1. The van der Waals surface area contributed by atoms with Gasteiger partial charge >= 0.3 is 0 Å². The van der Waals surface area contributed by atoms with Gasteiger partial charge in [0.2, 0.25) is 5.91 Å². The van der Waals surface area contributed by atoms with E-state index >= 15 is 0 Å². The average Bonchev–Trinajstić information content (AvgIpc) is 2.95. The van der Waals surface area contributed by atoms with E-state index in [9.17, 15) is 4.79 Å². The smallest absolute Gasteiger partial charge is 0.226 e. The van der Waals surface area contributed by atoms with Crippen molar-refractivity contribution < 1.29 is 9.90 Å². The molecule has 0 bridgehead atoms. The Balaban J connectivity index is 1.93. The van der Waals surface area contributed by atoms with Crippen molar-refractivity contribution in [1.29, 1.82) is 0 Å². The van der Waals surface area contributed by atoms with Crippen LogP contribution in [0, 0.1) is 0 Å². The van der Waals surface area contributed by atoms with Gasteiger partial charge in [0.15, 0.2) is 0 Å². The molecule has 0 aromatic carbocycles. The molecule has 0 saturated carbocycles. The van der Waals surface area contributed by atoms with E-state index in [2.05, 4.69) is 10.3 Å². The third kappa shape index (κ3) is 3.63. The Labute approximate surface area is 113 Å². The summed E-state index contributed by atoms with van der Waals surface area (Å²) in [6, 6.07) is 4.00. The molecule has 2 heterocycles. The molecule has 0 aliphatic rings. The number of amides is 1. The molecule has 0 saturated heterocycles. The molecule has 0 fully saturated rings. The summed E-state index contributed by atoms with van der Waals surface area (Å²) >= 11 is 3.18. The number of rotatable bonds is 5. The molecule has 6 heteroatoms. The van der Waals surface area contributed by atoms with Crippen molar-refractivity contribution in [2.75, 3.05) is 6.54 Å². The second-order valence-corrected chi connectivity index (χ2v) is 5.76. The number of hydrogen-bond donors (Lipinski definition) is 2. The SMILES string of the molecule is C[C@H](O)CNC(=O)Cc1csc(-c2cccs2)n1. The van der Waals surface area contributed by atoms with Crippen LogP contribution in [0.25, 0.3) is 9.88 Å². The summed E-state index contributed by atoms with van der Waals surface area (Å²) in [6.45, 7) is 1.92. The molecule has 18 heavy (non-hydrogen) atoms. The molecule has 0 radical (unpaired) electrons. The molecule has 0 spiro atoms. The van der Waals surface area contributed by atoms with Crippen LogP contribution in [-0.2, 0) is 11.2 Å². The van der Waals surface area contributed by atoms with Gasteiger partial charge in [-0.2, -0.15) is 0 Å². The number of hydrogen-bond acceptors (Lipinski definition) is 5. The van der Waals surface area contributed by atoms with E-state index in [1.165, 1.54) is 0 Å². The van der Waals surface area contributed by atoms with Crippen molar-refractivity contribution in [2.45, 2.75) is 19.4 Å². The number of aliphatic hydroxyl groups is 1. The predicted octanol–water partition coefficient (Wildman–Crippen LogP) is 1.91. The maximum absolute atomic E-state index is 11.6. The largest absolute Gasteiger partial charge is 0.392 e. The number of thiophene rings is 1. The first kappa shape index (κ1) is 13.2. The second kappa shape index (κ2) is 6.08. The Bertz CT molecular complexity index is 506. The minimum Gasteiger partial charge on any atom is -0.392 e. The van der Waals surface area contributed by atoms with E-state index in [4.69, 9.17) is 5.11 Å². The van der Waals surface area contributed by atoms with Gasteiger partial charge in [-0.3, -0.25) is 4.79 Å². The van der Waals surface area contributed by atoms with Gasteiger partial charge in [-0.25, -0.2) is 4.98 Å². The zero-order chi connectivity index (χ0) is 13.0. The highest BCUT2D eigenvalue weighted by atomic mass is 32.1.